The fourth-order valence-electron chi connectivity index (χ4n) is 7.57. The number of rotatable bonds is 4. The van der Waals surface area contributed by atoms with Crippen molar-refractivity contribution in [1.82, 2.24) is 19.9 Å². The first-order chi connectivity index (χ1) is 25.8. The minimum absolute atomic E-state index is 0.612. The van der Waals surface area contributed by atoms with Gasteiger partial charge in [-0.25, -0.2) is 19.9 Å². The van der Waals surface area contributed by atoms with Gasteiger partial charge in [-0.15, -0.1) is 11.3 Å². The molecule has 52 heavy (non-hydrogen) atoms. The second-order valence-electron chi connectivity index (χ2n) is 13.0. The normalized spacial score (nSPS) is 11.8. The molecule has 0 aliphatic rings. The first-order valence-corrected chi connectivity index (χ1v) is 18.0. The summed E-state index contributed by atoms with van der Waals surface area (Å²) in [5, 5.41) is 8.91. The summed E-state index contributed by atoms with van der Waals surface area (Å²) in [5.41, 5.74) is 5.43. The third-order valence-electron chi connectivity index (χ3n) is 9.95. The number of hydrogen-bond acceptors (Lipinski definition) is 6. The first-order valence-electron chi connectivity index (χ1n) is 17.2. The van der Waals surface area contributed by atoms with Crippen LogP contribution in [0.25, 0.3) is 109 Å². The Morgan fingerprint density at radius 2 is 1.00 bits per heavy atom. The van der Waals surface area contributed by atoms with Crippen molar-refractivity contribution < 1.29 is 4.42 Å². The molecule has 5 nitrogen and oxygen atoms in total. The number of thiophene rings is 1. The smallest absolute Gasteiger partial charge is 0.227 e. The van der Waals surface area contributed by atoms with E-state index in [1.807, 2.05) is 54.6 Å². The molecule has 3 aromatic heterocycles. The van der Waals surface area contributed by atoms with Crippen LogP contribution in [0.5, 0.6) is 0 Å². The SMILES string of the molecule is c1ccc(-c2nc(-c3cccc4c3ccc3ccc5ccc6nc(-c7ccccc7)oc6c5c34)nc(-c3cccc4sc5ccccc5c34)n2)cc1. The average Bonchev–Trinajstić information content (AvgIpc) is 3.83. The lowest BCUT2D eigenvalue weighted by Crippen LogP contribution is -2.01. The number of oxazole rings is 1. The number of benzene rings is 8. The summed E-state index contributed by atoms with van der Waals surface area (Å²) in [5.74, 6) is 2.53. The van der Waals surface area contributed by atoms with Gasteiger partial charge in [-0.3, -0.25) is 0 Å². The number of nitrogens with zero attached hydrogens (tertiary/aromatic N) is 4. The molecule has 0 bridgehead atoms. The molecule has 6 heteroatoms. The van der Waals surface area contributed by atoms with Crippen LogP contribution >= 0.6 is 11.3 Å². The molecule has 0 saturated carbocycles. The topological polar surface area (TPSA) is 64.7 Å². The molecular weight excluding hydrogens is 657 g/mol. The van der Waals surface area contributed by atoms with Gasteiger partial charge < -0.3 is 4.42 Å². The van der Waals surface area contributed by atoms with Crippen LogP contribution in [0.3, 0.4) is 0 Å². The Morgan fingerprint density at radius 3 is 1.85 bits per heavy atom. The minimum Gasteiger partial charge on any atom is -0.435 e. The molecule has 11 aromatic rings. The van der Waals surface area contributed by atoms with E-state index in [1.165, 1.54) is 20.2 Å². The van der Waals surface area contributed by atoms with Crippen molar-refractivity contribution in [3.05, 3.63) is 158 Å². The predicted octanol–water partition coefficient (Wildman–Crippen LogP) is 12.5. The van der Waals surface area contributed by atoms with Crippen molar-refractivity contribution in [3.8, 4) is 45.6 Å². The van der Waals surface area contributed by atoms with E-state index in [4.69, 9.17) is 24.4 Å². The Labute approximate surface area is 301 Å². The Morgan fingerprint density at radius 1 is 0.385 bits per heavy atom. The zero-order valence-corrected chi connectivity index (χ0v) is 28.4. The van der Waals surface area contributed by atoms with Crippen molar-refractivity contribution in [2.24, 2.45) is 0 Å². The second kappa shape index (κ2) is 11.4. The summed E-state index contributed by atoms with van der Waals surface area (Å²) < 4.78 is 9.04. The molecule has 0 saturated heterocycles. The highest BCUT2D eigenvalue weighted by atomic mass is 32.1. The molecular formula is C46H26N4OS. The summed E-state index contributed by atoms with van der Waals surface area (Å²) in [6.45, 7) is 0. The largest absolute Gasteiger partial charge is 0.435 e. The maximum absolute atomic E-state index is 6.58. The van der Waals surface area contributed by atoms with Crippen LogP contribution in [-0.2, 0) is 0 Å². The molecule has 0 radical (unpaired) electrons. The molecule has 0 unspecified atom stereocenters. The Balaban J connectivity index is 1.19. The highest BCUT2D eigenvalue weighted by Gasteiger charge is 2.20. The van der Waals surface area contributed by atoms with Gasteiger partial charge in [0.2, 0.25) is 5.89 Å². The highest BCUT2D eigenvalue weighted by molar-refractivity contribution is 7.25. The molecule has 0 amide bonds. The Kier molecular flexibility index (Phi) is 6.35. The van der Waals surface area contributed by atoms with E-state index < -0.39 is 0 Å². The zero-order valence-electron chi connectivity index (χ0n) is 27.6. The maximum atomic E-state index is 6.58. The molecule has 3 heterocycles. The van der Waals surface area contributed by atoms with Gasteiger partial charge in [-0.2, -0.15) is 0 Å². The van der Waals surface area contributed by atoms with E-state index in [1.54, 1.807) is 11.3 Å². The van der Waals surface area contributed by atoms with E-state index in [-0.39, 0.29) is 0 Å². The molecule has 8 aromatic carbocycles. The number of hydrogen-bond donors (Lipinski definition) is 0. The third kappa shape index (κ3) is 4.48. The molecule has 0 aliphatic heterocycles. The van der Waals surface area contributed by atoms with Gasteiger partial charge >= 0.3 is 0 Å². The zero-order chi connectivity index (χ0) is 34.2. The van der Waals surface area contributed by atoms with Crippen molar-refractivity contribution in [2.75, 3.05) is 0 Å². The standard InChI is InChI=1S/C46H26N4OS/c1-3-11-29(12-4-1)43-48-44(50-45(49-43)35-18-10-20-38-41(35)34-15-7-8-19-37(34)52-38)33-17-9-16-32-31(33)25-23-27-21-22-28-24-26-36-42(40(28)39(27)32)51-46(47-36)30-13-5-2-6-14-30/h1-26H. The summed E-state index contributed by atoms with van der Waals surface area (Å²) in [6, 6.07) is 54.5. The highest BCUT2D eigenvalue weighted by Crippen LogP contribution is 2.42. The minimum atomic E-state index is 0.612. The lowest BCUT2D eigenvalue weighted by Gasteiger charge is -2.13. The Hall–Kier alpha value is -6.76. The van der Waals surface area contributed by atoms with Gasteiger partial charge in [0.1, 0.15) is 5.52 Å². The fraction of sp³-hybridized carbons (Fsp3) is 0. The molecule has 0 atom stereocenters. The maximum Gasteiger partial charge on any atom is 0.227 e. The van der Waals surface area contributed by atoms with Crippen LogP contribution in [0.15, 0.2) is 162 Å². The summed E-state index contributed by atoms with van der Waals surface area (Å²) in [6.07, 6.45) is 0. The molecule has 0 aliphatic carbocycles. The van der Waals surface area contributed by atoms with Gasteiger partial charge in [0.25, 0.3) is 0 Å². The van der Waals surface area contributed by atoms with Crippen LogP contribution in [0, 0.1) is 0 Å². The van der Waals surface area contributed by atoms with E-state index in [0.29, 0.717) is 23.4 Å². The molecule has 11 rings (SSSR count). The van der Waals surface area contributed by atoms with E-state index in [2.05, 4.69) is 103 Å². The predicted molar refractivity (Wildman–Crippen MR) is 215 cm³/mol. The monoisotopic (exact) mass is 682 g/mol. The van der Waals surface area contributed by atoms with Crippen LogP contribution in [0.2, 0.25) is 0 Å². The van der Waals surface area contributed by atoms with Crippen LogP contribution in [0.4, 0.5) is 0 Å². The number of fused-ring (bicyclic) bond motifs is 10. The summed E-state index contributed by atoms with van der Waals surface area (Å²) >= 11 is 1.79. The van der Waals surface area contributed by atoms with Gasteiger partial charge in [0.15, 0.2) is 23.1 Å². The van der Waals surface area contributed by atoms with Gasteiger partial charge in [0, 0.05) is 53.2 Å². The van der Waals surface area contributed by atoms with E-state index in [0.717, 1.165) is 65.7 Å². The molecule has 0 spiro atoms. The quantitative estimate of drug-likeness (QED) is 0.173. The molecule has 0 fully saturated rings. The van der Waals surface area contributed by atoms with Gasteiger partial charge in [0.05, 0.1) is 0 Å². The summed E-state index contributed by atoms with van der Waals surface area (Å²) in [7, 11) is 0. The van der Waals surface area contributed by atoms with Crippen molar-refractivity contribution >= 4 is 74.9 Å². The second-order valence-corrected chi connectivity index (χ2v) is 14.1. The van der Waals surface area contributed by atoms with Crippen molar-refractivity contribution in [2.45, 2.75) is 0 Å². The fourth-order valence-corrected chi connectivity index (χ4v) is 8.70. The summed E-state index contributed by atoms with van der Waals surface area (Å²) in [4.78, 5) is 20.5. The van der Waals surface area contributed by atoms with Crippen molar-refractivity contribution in [1.29, 1.82) is 0 Å². The molecule has 0 N–H and O–H groups in total. The van der Waals surface area contributed by atoms with Crippen LogP contribution < -0.4 is 0 Å². The van der Waals surface area contributed by atoms with Gasteiger partial charge in [-0.1, -0.05) is 127 Å². The average molecular weight is 683 g/mol. The van der Waals surface area contributed by atoms with Gasteiger partial charge in [-0.05, 0) is 51.9 Å². The van der Waals surface area contributed by atoms with E-state index >= 15 is 0 Å². The molecule has 242 valence electrons. The lowest BCUT2D eigenvalue weighted by atomic mass is 9.93. The van der Waals surface area contributed by atoms with Crippen LogP contribution in [0.1, 0.15) is 0 Å². The van der Waals surface area contributed by atoms with Crippen molar-refractivity contribution in [3.63, 3.8) is 0 Å². The number of aromatic nitrogens is 4. The first kappa shape index (κ1) is 29.0. The third-order valence-corrected chi connectivity index (χ3v) is 11.1. The lowest BCUT2D eigenvalue weighted by molar-refractivity contribution is 0.623. The van der Waals surface area contributed by atoms with E-state index in [9.17, 15) is 0 Å². The van der Waals surface area contributed by atoms with Crippen LogP contribution in [-0.4, -0.2) is 19.9 Å². The Bertz CT molecular complexity index is 3190.